The second kappa shape index (κ2) is 6.83. The molecule has 0 aliphatic carbocycles. The van der Waals surface area contributed by atoms with E-state index in [1.165, 1.54) is 0 Å². The van der Waals surface area contributed by atoms with E-state index in [4.69, 9.17) is 0 Å². The number of anilines is 1. The third-order valence-electron chi connectivity index (χ3n) is 3.91. The van der Waals surface area contributed by atoms with Crippen molar-refractivity contribution in [2.24, 2.45) is 5.92 Å². The normalized spacial score (nSPS) is 13.9. The molecule has 0 aliphatic heterocycles. The summed E-state index contributed by atoms with van der Waals surface area (Å²) in [6.45, 7) is 8.31. The lowest BCUT2D eigenvalue weighted by Crippen LogP contribution is -2.38. The largest absolute Gasteiger partial charge is 0.388 e. The van der Waals surface area contributed by atoms with E-state index in [1.54, 1.807) is 6.20 Å². The van der Waals surface area contributed by atoms with E-state index < -0.39 is 5.60 Å². The lowest BCUT2D eigenvalue weighted by Gasteiger charge is -2.28. The summed E-state index contributed by atoms with van der Waals surface area (Å²) in [6.07, 6.45) is 2.55. The van der Waals surface area contributed by atoms with Crippen molar-refractivity contribution in [1.29, 1.82) is 0 Å². The lowest BCUT2D eigenvalue weighted by molar-refractivity contribution is 0.0265. The number of hydrogen-bond donors (Lipinski definition) is 2. The SMILES string of the molecule is CCc1cc(NCC(C)(O)C(C)C)nc(-c2ccccn2)n1. The molecule has 1 atom stereocenters. The van der Waals surface area contributed by atoms with Crippen LogP contribution in [0.3, 0.4) is 0 Å². The predicted molar refractivity (Wildman–Crippen MR) is 88.6 cm³/mol. The first-order valence-electron chi connectivity index (χ1n) is 7.68. The number of rotatable bonds is 6. The molecule has 2 heterocycles. The van der Waals surface area contributed by atoms with Crippen molar-refractivity contribution in [1.82, 2.24) is 15.0 Å². The van der Waals surface area contributed by atoms with Crippen LogP contribution in [0.4, 0.5) is 5.82 Å². The highest BCUT2D eigenvalue weighted by Crippen LogP contribution is 2.19. The zero-order valence-corrected chi connectivity index (χ0v) is 13.7. The van der Waals surface area contributed by atoms with Crippen LogP contribution in [0.25, 0.3) is 11.5 Å². The van der Waals surface area contributed by atoms with Crippen molar-refractivity contribution in [2.45, 2.75) is 39.7 Å². The van der Waals surface area contributed by atoms with E-state index in [2.05, 4.69) is 27.2 Å². The second-order valence-corrected chi connectivity index (χ2v) is 6.00. The van der Waals surface area contributed by atoms with Crippen molar-refractivity contribution in [2.75, 3.05) is 11.9 Å². The van der Waals surface area contributed by atoms with Gasteiger partial charge in [0.15, 0.2) is 5.82 Å². The van der Waals surface area contributed by atoms with Gasteiger partial charge in [-0.1, -0.05) is 26.8 Å². The Bertz CT molecular complexity index is 611. The highest BCUT2D eigenvalue weighted by atomic mass is 16.3. The van der Waals surface area contributed by atoms with E-state index in [0.29, 0.717) is 18.2 Å². The molecule has 0 saturated heterocycles. The van der Waals surface area contributed by atoms with Crippen LogP contribution >= 0.6 is 0 Å². The van der Waals surface area contributed by atoms with Crippen LogP contribution in [-0.2, 0) is 6.42 Å². The molecule has 0 bridgehead atoms. The summed E-state index contributed by atoms with van der Waals surface area (Å²) in [5.41, 5.74) is 0.904. The summed E-state index contributed by atoms with van der Waals surface area (Å²) >= 11 is 0. The maximum absolute atomic E-state index is 10.3. The molecule has 0 fully saturated rings. The molecule has 2 aromatic heterocycles. The quantitative estimate of drug-likeness (QED) is 0.858. The molecular weight excluding hydrogens is 276 g/mol. The highest BCUT2D eigenvalue weighted by Gasteiger charge is 2.24. The van der Waals surface area contributed by atoms with Gasteiger partial charge in [-0.2, -0.15) is 0 Å². The van der Waals surface area contributed by atoms with Gasteiger partial charge in [-0.15, -0.1) is 0 Å². The third kappa shape index (κ3) is 4.01. The average molecular weight is 300 g/mol. The molecule has 5 nitrogen and oxygen atoms in total. The summed E-state index contributed by atoms with van der Waals surface area (Å²) in [5, 5.41) is 13.6. The summed E-state index contributed by atoms with van der Waals surface area (Å²) < 4.78 is 0. The first kappa shape index (κ1) is 16.4. The molecule has 0 aliphatic rings. The Hall–Kier alpha value is -2.01. The molecule has 0 aromatic carbocycles. The zero-order valence-electron chi connectivity index (χ0n) is 13.7. The van der Waals surface area contributed by atoms with Crippen molar-refractivity contribution >= 4 is 5.82 Å². The van der Waals surface area contributed by atoms with Crippen LogP contribution in [0.2, 0.25) is 0 Å². The van der Waals surface area contributed by atoms with Crippen LogP contribution in [0.5, 0.6) is 0 Å². The maximum Gasteiger partial charge on any atom is 0.180 e. The fourth-order valence-electron chi connectivity index (χ4n) is 1.85. The summed E-state index contributed by atoms with van der Waals surface area (Å²) in [7, 11) is 0. The Morgan fingerprint density at radius 2 is 2.05 bits per heavy atom. The molecular formula is C17H24N4O. The van der Waals surface area contributed by atoms with Gasteiger partial charge in [0.05, 0.1) is 5.60 Å². The fourth-order valence-corrected chi connectivity index (χ4v) is 1.85. The monoisotopic (exact) mass is 300 g/mol. The van der Waals surface area contributed by atoms with Gasteiger partial charge >= 0.3 is 0 Å². The average Bonchev–Trinajstić information content (AvgIpc) is 2.53. The molecule has 2 rings (SSSR count). The summed E-state index contributed by atoms with van der Waals surface area (Å²) in [5.74, 6) is 1.47. The van der Waals surface area contributed by atoms with Gasteiger partial charge in [0.25, 0.3) is 0 Å². The Kier molecular flexibility index (Phi) is 5.08. The smallest absolute Gasteiger partial charge is 0.180 e. The lowest BCUT2D eigenvalue weighted by atomic mass is 9.92. The van der Waals surface area contributed by atoms with Gasteiger partial charge in [-0.05, 0) is 31.4 Å². The van der Waals surface area contributed by atoms with Crippen LogP contribution in [0, 0.1) is 5.92 Å². The molecule has 0 saturated carbocycles. The Morgan fingerprint density at radius 3 is 2.64 bits per heavy atom. The fraction of sp³-hybridized carbons (Fsp3) is 0.471. The molecule has 0 radical (unpaired) electrons. The summed E-state index contributed by atoms with van der Waals surface area (Å²) in [4.78, 5) is 13.3. The minimum Gasteiger partial charge on any atom is -0.388 e. The molecule has 22 heavy (non-hydrogen) atoms. The maximum atomic E-state index is 10.3. The van der Waals surface area contributed by atoms with Crippen LogP contribution < -0.4 is 5.32 Å². The first-order valence-corrected chi connectivity index (χ1v) is 7.68. The number of pyridine rings is 1. The molecule has 118 valence electrons. The van der Waals surface area contributed by atoms with Gasteiger partial charge in [0.2, 0.25) is 0 Å². The standard InChI is InChI=1S/C17H24N4O/c1-5-13-10-15(19-11-17(4,22)12(2)3)21-16(20-13)14-8-6-7-9-18-14/h6-10,12,22H,5,11H2,1-4H3,(H,19,20,21). The van der Waals surface area contributed by atoms with Crippen molar-refractivity contribution in [3.63, 3.8) is 0 Å². The topological polar surface area (TPSA) is 70.9 Å². The van der Waals surface area contributed by atoms with Crippen LogP contribution in [0.1, 0.15) is 33.4 Å². The van der Waals surface area contributed by atoms with Gasteiger partial charge < -0.3 is 10.4 Å². The second-order valence-electron chi connectivity index (χ2n) is 6.00. The van der Waals surface area contributed by atoms with E-state index >= 15 is 0 Å². The van der Waals surface area contributed by atoms with Crippen LogP contribution in [0.15, 0.2) is 30.5 Å². The molecule has 0 amide bonds. The molecule has 5 heteroatoms. The third-order valence-corrected chi connectivity index (χ3v) is 3.91. The predicted octanol–water partition coefficient (Wildman–Crippen LogP) is 2.92. The molecule has 2 N–H and O–H groups in total. The zero-order chi connectivity index (χ0) is 16.2. The first-order chi connectivity index (χ1) is 10.4. The number of aliphatic hydroxyl groups is 1. The minimum atomic E-state index is -0.789. The summed E-state index contributed by atoms with van der Waals surface area (Å²) in [6, 6.07) is 7.60. The van der Waals surface area contributed by atoms with Crippen molar-refractivity contribution < 1.29 is 5.11 Å². The van der Waals surface area contributed by atoms with Gasteiger partial charge in [-0.3, -0.25) is 4.98 Å². The van der Waals surface area contributed by atoms with E-state index in [9.17, 15) is 5.11 Å². The van der Waals surface area contributed by atoms with Gasteiger partial charge in [0, 0.05) is 24.5 Å². The molecule has 1 unspecified atom stereocenters. The number of nitrogens with zero attached hydrogens (tertiary/aromatic N) is 3. The number of aryl methyl sites for hydroxylation is 1. The van der Waals surface area contributed by atoms with Gasteiger partial charge in [0.1, 0.15) is 11.5 Å². The van der Waals surface area contributed by atoms with Crippen molar-refractivity contribution in [3.05, 3.63) is 36.2 Å². The van der Waals surface area contributed by atoms with E-state index in [-0.39, 0.29) is 5.92 Å². The highest BCUT2D eigenvalue weighted by molar-refractivity contribution is 5.53. The Labute approximate surface area is 131 Å². The Morgan fingerprint density at radius 1 is 1.27 bits per heavy atom. The van der Waals surface area contributed by atoms with Gasteiger partial charge in [-0.25, -0.2) is 9.97 Å². The van der Waals surface area contributed by atoms with Crippen LogP contribution in [-0.4, -0.2) is 32.2 Å². The van der Waals surface area contributed by atoms with E-state index in [0.717, 1.165) is 17.8 Å². The van der Waals surface area contributed by atoms with E-state index in [1.807, 2.05) is 45.0 Å². The number of aromatic nitrogens is 3. The molecule has 0 spiro atoms. The number of nitrogens with one attached hydrogen (secondary N) is 1. The van der Waals surface area contributed by atoms with Crippen molar-refractivity contribution in [3.8, 4) is 11.5 Å². The number of hydrogen-bond acceptors (Lipinski definition) is 5. The Balaban J connectivity index is 2.25. The molecule has 2 aromatic rings. The minimum absolute atomic E-state index is 0.155.